The Morgan fingerprint density at radius 2 is 0.809 bits per heavy atom. The van der Waals surface area contributed by atoms with Crippen LogP contribution in [0.15, 0.2) is 212 Å². The van der Waals surface area contributed by atoms with Crippen LogP contribution in [0.3, 0.4) is 0 Å². The molecule has 0 aliphatic heterocycles. The molecule has 0 fully saturated rings. The molecule has 314 valence electrons. The van der Waals surface area contributed by atoms with Gasteiger partial charge in [0.2, 0.25) is 0 Å². The van der Waals surface area contributed by atoms with Crippen molar-refractivity contribution in [3.63, 3.8) is 0 Å². The van der Waals surface area contributed by atoms with Crippen molar-refractivity contribution in [1.82, 2.24) is 19.1 Å². The highest BCUT2D eigenvalue weighted by molar-refractivity contribution is 6.12. The van der Waals surface area contributed by atoms with Gasteiger partial charge in [-0.2, -0.15) is 15.8 Å². The van der Waals surface area contributed by atoms with Gasteiger partial charge in [0, 0.05) is 49.6 Å². The number of aromatic nitrogens is 4. The molecule has 7 nitrogen and oxygen atoms in total. The van der Waals surface area contributed by atoms with E-state index in [1.807, 2.05) is 121 Å². The SMILES string of the molecule is N#Cc1ccc2c(c1)c1cc(C#N)ccc1n2-c1ccc2c(c1)c1ccccc1n2-c1ccc(-c2ccc(-c3ccc(-c4cc(-c5ccccc5)nc(-c5ccccc5)n4)cc3C#N)cc2)cc1. The third-order valence-corrected chi connectivity index (χ3v) is 12.9. The average Bonchev–Trinajstić information content (AvgIpc) is 3.92. The van der Waals surface area contributed by atoms with E-state index in [1.54, 1.807) is 0 Å². The third-order valence-electron chi connectivity index (χ3n) is 12.9. The molecule has 3 aromatic heterocycles. The van der Waals surface area contributed by atoms with Crippen molar-refractivity contribution in [2.45, 2.75) is 0 Å². The molecule has 12 aromatic rings. The van der Waals surface area contributed by atoms with Gasteiger partial charge >= 0.3 is 0 Å². The largest absolute Gasteiger partial charge is 0.309 e. The molecule has 7 heteroatoms. The fraction of sp³-hybridized carbons (Fsp3) is 0. The van der Waals surface area contributed by atoms with Gasteiger partial charge in [0.1, 0.15) is 0 Å². The van der Waals surface area contributed by atoms with E-state index in [2.05, 4.69) is 118 Å². The van der Waals surface area contributed by atoms with Gasteiger partial charge in [-0.25, -0.2) is 9.97 Å². The summed E-state index contributed by atoms with van der Waals surface area (Å²) in [5.41, 5.74) is 16.2. The summed E-state index contributed by atoms with van der Waals surface area (Å²) in [6.07, 6.45) is 0. The standard InChI is InChI=1S/C61H35N7/c62-36-39-15-28-58-52(31-39)53-32-40(37-63)16-29-59(53)68(58)49-26-30-60-54(34-49)51-13-7-8-14-57(51)67(60)48-24-21-42(22-25-48)41-17-19-43(20-18-41)50-27-23-46(33-47(50)38-64)56-35-55(44-9-3-1-4-10-44)65-61(66-56)45-11-5-2-6-12-45/h1-35H. The molecule has 0 radical (unpaired) electrons. The maximum Gasteiger partial charge on any atom is 0.160 e. The topological polar surface area (TPSA) is 107 Å². The lowest BCUT2D eigenvalue weighted by Crippen LogP contribution is -1.96. The van der Waals surface area contributed by atoms with Crippen LogP contribution < -0.4 is 0 Å². The van der Waals surface area contributed by atoms with Crippen LogP contribution in [0.2, 0.25) is 0 Å². The molecule has 0 aliphatic carbocycles. The fourth-order valence-electron chi connectivity index (χ4n) is 9.58. The predicted octanol–water partition coefficient (Wildman–Crippen LogP) is 14.6. The zero-order chi connectivity index (χ0) is 45.7. The quantitative estimate of drug-likeness (QED) is 0.159. The molecule has 9 aromatic carbocycles. The number of benzene rings is 9. The van der Waals surface area contributed by atoms with Gasteiger partial charge in [-0.3, -0.25) is 0 Å². The normalized spacial score (nSPS) is 11.2. The second-order valence-electron chi connectivity index (χ2n) is 16.8. The number of nitriles is 3. The van der Waals surface area contributed by atoms with E-state index in [-0.39, 0.29) is 0 Å². The number of nitrogens with zero attached hydrogens (tertiary/aromatic N) is 7. The zero-order valence-corrected chi connectivity index (χ0v) is 36.3. The monoisotopic (exact) mass is 865 g/mol. The second-order valence-corrected chi connectivity index (χ2v) is 16.8. The molecule has 0 atom stereocenters. The summed E-state index contributed by atoms with van der Waals surface area (Å²) in [6, 6.07) is 78.6. The smallest absolute Gasteiger partial charge is 0.160 e. The lowest BCUT2D eigenvalue weighted by molar-refractivity contribution is 1.16. The fourth-order valence-corrected chi connectivity index (χ4v) is 9.58. The molecule has 0 amide bonds. The van der Waals surface area contributed by atoms with E-state index in [1.165, 1.54) is 0 Å². The first-order chi connectivity index (χ1) is 33.5. The number of para-hydroxylation sites is 1. The number of fused-ring (bicyclic) bond motifs is 6. The molecule has 0 saturated heterocycles. The molecule has 0 bridgehead atoms. The molecule has 68 heavy (non-hydrogen) atoms. The second kappa shape index (κ2) is 16.3. The Bertz CT molecular complexity index is 3960. The van der Waals surface area contributed by atoms with E-state index in [0.29, 0.717) is 22.5 Å². The highest BCUT2D eigenvalue weighted by Crippen LogP contribution is 2.39. The molecule has 0 aliphatic rings. The van der Waals surface area contributed by atoms with E-state index >= 15 is 0 Å². The summed E-state index contributed by atoms with van der Waals surface area (Å²) < 4.78 is 4.53. The van der Waals surface area contributed by atoms with E-state index in [0.717, 1.165) is 105 Å². The van der Waals surface area contributed by atoms with Crippen LogP contribution in [0, 0.1) is 34.0 Å². The molecule has 0 N–H and O–H groups in total. The van der Waals surface area contributed by atoms with Crippen LogP contribution in [0.25, 0.3) is 111 Å². The van der Waals surface area contributed by atoms with Crippen LogP contribution in [-0.2, 0) is 0 Å². The third kappa shape index (κ3) is 6.74. The van der Waals surface area contributed by atoms with E-state index in [9.17, 15) is 15.8 Å². The lowest BCUT2D eigenvalue weighted by Gasteiger charge is -2.12. The minimum atomic E-state index is 0.567. The Morgan fingerprint density at radius 3 is 1.44 bits per heavy atom. The zero-order valence-electron chi connectivity index (χ0n) is 36.3. The molecule has 3 heterocycles. The Kier molecular flexibility index (Phi) is 9.51. The van der Waals surface area contributed by atoms with Crippen LogP contribution >= 0.6 is 0 Å². The van der Waals surface area contributed by atoms with Crippen LogP contribution in [-0.4, -0.2) is 19.1 Å². The predicted molar refractivity (Wildman–Crippen MR) is 272 cm³/mol. The summed E-state index contributed by atoms with van der Waals surface area (Å²) in [6.45, 7) is 0. The molecule has 0 unspecified atom stereocenters. The average molecular weight is 866 g/mol. The first-order valence-corrected chi connectivity index (χ1v) is 22.2. The van der Waals surface area contributed by atoms with Crippen molar-refractivity contribution in [2.75, 3.05) is 0 Å². The maximum absolute atomic E-state index is 10.4. The summed E-state index contributed by atoms with van der Waals surface area (Å²) in [7, 11) is 0. The molecular weight excluding hydrogens is 831 g/mol. The van der Waals surface area contributed by atoms with Crippen molar-refractivity contribution in [3.8, 4) is 85.7 Å². The van der Waals surface area contributed by atoms with Gasteiger partial charge in [-0.05, 0) is 107 Å². The Hall–Kier alpha value is -9.87. The van der Waals surface area contributed by atoms with Crippen molar-refractivity contribution in [2.24, 2.45) is 0 Å². The van der Waals surface area contributed by atoms with E-state index in [4.69, 9.17) is 9.97 Å². The number of rotatable bonds is 7. The summed E-state index contributed by atoms with van der Waals surface area (Å²) >= 11 is 0. The minimum absolute atomic E-state index is 0.567. The molecule has 0 saturated carbocycles. The van der Waals surface area contributed by atoms with Crippen LogP contribution in [0.5, 0.6) is 0 Å². The van der Waals surface area contributed by atoms with Crippen molar-refractivity contribution < 1.29 is 0 Å². The molecular formula is C61H35N7. The van der Waals surface area contributed by atoms with Crippen LogP contribution in [0.4, 0.5) is 0 Å². The summed E-state index contributed by atoms with van der Waals surface area (Å²) in [5.74, 6) is 0.629. The maximum atomic E-state index is 10.4. The highest BCUT2D eigenvalue weighted by atomic mass is 15.0. The van der Waals surface area contributed by atoms with Crippen molar-refractivity contribution >= 4 is 43.6 Å². The Balaban J connectivity index is 0.862. The first kappa shape index (κ1) is 39.7. The highest BCUT2D eigenvalue weighted by Gasteiger charge is 2.18. The van der Waals surface area contributed by atoms with Gasteiger partial charge in [0.05, 0.1) is 68.4 Å². The Morgan fingerprint density at radius 1 is 0.324 bits per heavy atom. The molecule has 12 rings (SSSR count). The Labute approximate surface area is 391 Å². The van der Waals surface area contributed by atoms with Crippen molar-refractivity contribution in [3.05, 3.63) is 229 Å². The van der Waals surface area contributed by atoms with Gasteiger partial charge in [-0.1, -0.05) is 127 Å². The van der Waals surface area contributed by atoms with Gasteiger partial charge in [0.25, 0.3) is 0 Å². The first-order valence-electron chi connectivity index (χ1n) is 22.2. The lowest BCUT2D eigenvalue weighted by atomic mass is 9.95. The van der Waals surface area contributed by atoms with Gasteiger partial charge in [0.15, 0.2) is 5.82 Å². The minimum Gasteiger partial charge on any atom is -0.309 e. The van der Waals surface area contributed by atoms with Crippen molar-refractivity contribution in [1.29, 1.82) is 15.8 Å². The van der Waals surface area contributed by atoms with Gasteiger partial charge < -0.3 is 9.13 Å². The van der Waals surface area contributed by atoms with Crippen LogP contribution in [0.1, 0.15) is 16.7 Å². The molecule has 0 spiro atoms. The summed E-state index contributed by atoms with van der Waals surface area (Å²) in [5, 5.41) is 34.0. The summed E-state index contributed by atoms with van der Waals surface area (Å²) in [4.78, 5) is 9.90. The number of hydrogen-bond acceptors (Lipinski definition) is 5. The van der Waals surface area contributed by atoms with E-state index < -0.39 is 0 Å². The number of hydrogen-bond donors (Lipinski definition) is 0. The van der Waals surface area contributed by atoms with Gasteiger partial charge in [-0.15, -0.1) is 0 Å².